The molecule has 1 atom stereocenters. The maximum atomic E-state index is 12.2. The van der Waals surface area contributed by atoms with E-state index in [1.807, 2.05) is 48.5 Å². The molecule has 0 spiro atoms. The van der Waals surface area contributed by atoms with Crippen molar-refractivity contribution >= 4 is 5.82 Å². The molecular formula is C18H15F2N3O. The summed E-state index contributed by atoms with van der Waals surface area (Å²) in [6.45, 7) is -2.86. The highest BCUT2D eigenvalue weighted by molar-refractivity contribution is 5.44. The fourth-order valence-electron chi connectivity index (χ4n) is 2.31. The fourth-order valence-corrected chi connectivity index (χ4v) is 2.31. The molecular weight excluding hydrogens is 312 g/mol. The van der Waals surface area contributed by atoms with Crippen LogP contribution in [-0.2, 0) is 0 Å². The van der Waals surface area contributed by atoms with Gasteiger partial charge in [0.1, 0.15) is 11.6 Å². The predicted octanol–water partition coefficient (Wildman–Crippen LogP) is 4.28. The Morgan fingerprint density at radius 2 is 1.67 bits per heavy atom. The summed E-state index contributed by atoms with van der Waals surface area (Å²) >= 11 is 0. The number of halogens is 2. The van der Waals surface area contributed by atoms with Gasteiger partial charge in [-0.05, 0) is 29.8 Å². The molecule has 1 N–H and O–H groups in total. The van der Waals surface area contributed by atoms with Gasteiger partial charge in [0.25, 0.3) is 0 Å². The maximum absolute atomic E-state index is 12.2. The standard InChI is InChI=1S/C18H15F2N3O/c19-18(20)24-14-9-10-16(22-12-14)23-17(13-6-2-1-3-7-13)15-8-4-5-11-21-15/h1-12,17-18H,(H,22,23). The molecule has 3 aromatic rings. The number of pyridine rings is 2. The molecule has 0 aliphatic heterocycles. The Morgan fingerprint density at radius 3 is 2.29 bits per heavy atom. The lowest BCUT2D eigenvalue weighted by Gasteiger charge is -2.19. The van der Waals surface area contributed by atoms with Crippen LogP contribution in [0.15, 0.2) is 73.1 Å². The second-order valence-electron chi connectivity index (χ2n) is 5.00. The van der Waals surface area contributed by atoms with Gasteiger partial charge in [0, 0.05) is 6.20 Å². The Bertz CT molecular complexity index is 713. The summed E-state index contributed by atoms with van der Waals surface area (Å²) in [5.74, 6) is 0.556. The molecule has 0 bridgehead atoms. The summed E-state index contributed by atoms with van der Waals surface area (Å²) in [4.78, 5) is 8.52. The molecule has 0 aliphatic carbocycles. The van der Waals surface area contributed by atoms with Gasteiger partial charge in [-0.25, -0.2) is 4.98 Å². The van der Waals surface area contributed by atoms with Gasteiger partial charge in [-0.2, -0.15) is 8.78 Å². The maximum Gasteiger partial charge on any atom is 0.387 e. The summed E-state index contributed by atoms with van der Waals surface area (Å²) in [6.07, 6.45) is 2.98. The molecule has 3 rings (SSSR count). The van der Waals surface area contributed by atoms with Crippen molar-refractivity contribution in [1.82, 2.24) is 9.97 Å². The molecule has 0 amide bonds. The van der Waals surface area contributed by atoms with E-state index in [1.165, 1.54) is 12.3 Å². The van der Waals surface area contributed by atoms with Crippen molar-refractivity contribution in [2.24, 2.45) is 0 Å². The first-order valence-corrected chi connectivity index (χ1v) is 7.35. The van der Waals surface area contributed by atoms with Crippen LogP contribution in [0.4, 0.5) is 14.6 Å². The van der Waals surface area contributed by atoms with E-state index in [0.29, 0.717) is 5.82 Å². The molecule has 0 aliphatic rings. The first-order valence-electron chi connectivity index (χ1n) is 7.35. The topological polar surface area (TPSA) is 47.0 Å². The molecule has 4 nitrogen and oxygen atoms in total. The summed E-state index contributed by atoms with van der Waals surface area (Å²) in [5, 5.41) is 3.28. The van der Waals surface area contributed by atoms with Crippen LogP contribution in [-0.4, -0.2) is 16.6 Å². The quantitative estimate of drug-likeness (QED) is 0.734. The highest BCUT2D eigenvalue weighted by atomic mass is 19.3. The van der Waals surface area contributed by atoms with Gasteiger partial charge < -0.3 is 10.1 Å². The predicted molar refractivity (Wildman–Crippen MR) is 87.0 cm³/mol. The van der Waals surface area contributed by atoms with E-state index in [9.17, 15) is 8.78 Å². The molecule has 0 saturated carbocycles. The average molecular weight is 327 g/mol. The van der Waals surface area contributed by atoms with E-state index in [2.05, 4.69) is 20.0 Å². The minimum Gasteiger partial charge on any atom is -0.433 e. The monoisotopic (exact) mass is 327 g/mol. The second-order valence-corrected chi connectivity index (χ2v) is 5.00. The molecule has 122 valence electrons. The number of anilines is 1. The minimum atomic E-state index is -2.86. The summed E-state index contributed by atoms with van der Waals surface area (Å²) < 4.78 is 28.7. The van der Waals surface area contributed by atoms with Crippen molar-refractivity contribution in [3.63, 3.8) is 0 Å². The van der Waals surface area contributed by atoms with Crippen LogP contribution in [0.1, 0.15) is 17.3 Å². The van der Waals surface area contributed by atoms with Crippen molar-refractivity contribution in [1.29, 1.82) is 0 Å². The SMILES string of the molecule is FC(F)Oc1ccc(NC(c2ccccc2)c2ccccn2)nc1. The third kappa shape index (κ3) is 4.04. The number of rotatable bonds is 6. The number of nitrogens with one attached hydrogen (secondary N) is 1. The normalized spacial score (nSPS) is 12.0. The number of hydrogen-bond acceptors (Lipinski definition) is 4. The third-order valence-corrected chi connectivity index (χ3v) is 3.37. The van der Waals surface area contributed by atoms with E-state index in [-0.39, 0.29) is 11.8 Å². The number of hydrogen-bond donors (Lipinski definition) is 1. The third-order valence-electron chi connectivity index (χ3n) is 3.37. The minimum absolute atomic E-state index is 0.0182. The van der Waals surface area contributed by atoms with Crippen molar-refractivity contribution in [2.75, 3.05) is 5.32 Å². The lowest BCUT2D eigenvalue weighted by atomic mass is 10.0. The zero-order valence-corrected chi connectivity index (χ0v) is 12.6. The molecule has 6 heteroatoms. The Labute approximate surface area is 138 Å². The van der Waals surface area contributed by atoms with Gasteiger partial charge in [-0.1, -0.05) is 36.4 Å². The van der Waals surface area contributed by atoms with E-state index in [1.54, 1.807) is 12.3 Å². The van der Waals surface area contributed by atoms with Crippen LogP contribution in [0.3, 0.4) is 0 Å². The zero-order valence-electron chi connectivity index (χ0n) is 12.6. The molecule has 0 saturated heterocycles. The number of alkyl halides is 2. The molecule has 24 heavy (non-hydrogen) atoms. The van der Waals surface area contributed by atoms with Crippen LogP contribution >= 0.6 is 0 Å². The van der Waals surface area contributed by atoms with Gasteiger partial charge in [0.05, 0.1) is 17.9 Å². The summed E-state index contributed by atoms with van der Waals surface area (Å²) in [5.41, 5.74) is 1.85. The lowest BCUT2D eigenvalue weighted by Crippen LogP contribution is -2.14. The van der Waals surface area contributed by atoms with Gasteiger partial charge in [-0.15, -0.1) is 0 Å². The first-order chi connectivity index (χ1) is 11.7. The number of benzene rings is 1. The van der Waals surface area contributed by atoms with Crippen LogP contribution in [0.25, 0.3) is 0 Å². The van der Waals surface area contributed by atoms with Crippen molar-refractivity contribution < 1.29 is 13.5 Å². The van der Waals surface area contributed by atoms with Crippen molar-refractivity contribution in [3.8, 4) is 5.75 Å². The summed E-state index contributed by atoms with van der Waals surface area (Å²) in [6, 6.07) is 18.3. The van der Waals surface area contributed by atoms with E-state index in [4.69, 9.17) is 0 Å². The number of aromatic nitrogens is 2. The van der Waals surface area contributed by atoms with Crippen LogP contribution in [0.2, 0.25) is 0 Å². The molecule has 2 aromatic heterocycles. The Hall–Kier alpha value is -3.02. The van der Waals surface area contributed by atoms with E-state index >= 15 is 0 Å². The number of ether oxygens (including phenoxy) is 1. The van der Waals surface area contributed by atoms with Crippen molar-refractivity contribution in [3.05, 3.63) is 84.3 Å². The first kappa shape index (κ1) is 15.9. The molecule has 0 radical (unpaired) electrons. The highest BCUT2D eigenvalue weighted by Gasteiger charge is 2.15. The van der Waals surface area contributed by atoms with Gasteiger partial charge in [0.2, 0.25) is 0 Å². The van der Waals surface area contributed by atoms with Crippen molar-refractivity contribution in [2.45, 2.75) is 12.7 Å². The Kier molecular flexibility index (Phi) is 4.96. The second kappa shape index (κ2) is 7.50. The van der Waals surface area contributed by atoms with Gasteiger partial charge in [-0.3, -0.25) is 4.98 Å². The fraction of sp³-hybridized carbons (Fsp3) is 0.111. The lowest BCUT2D eigenvalue weighted by molar-refractivity contribution is -0.0500. The van der Waals surface area contributed by atoms with E-state index < -0.39 is 6.61 Å². The molecule has 0 fully saturated rings. The largest absolute Gasteiger partial charge is 0.433 e. The van der Waals surface area contributed by atoms with Crippen LogP contribution < -0.4 is 10.1 Å². The number of nitrogens with zero attached hydrogens (tertiary/aromatic N) is 2. The van der Waals surface area contributed by atoms with Crippen LogP contribution in [0.5, 0.6) is 5.75 Å². The Morgan fingerprint density at radius 1 is 0.875 bits per heavy atom. The molecule has 1 unspecified atom stereocenters. The van der Waals surface area contributed by atoms with Gasteiger partial charge in [0.15, 0.2) is 0 Å². The molecule has 2 heterocycles. The summed E-state index contributed by atoms with van der Waals surface area (Å²) in [7, 11) is 0. The van der Waals surface area contributed by atoms with E-state index in [0.717, 1.165) is 11.3 Å². The molecule has 1 aromatic carbocycles. The Balaban J connectivity index is 1.85. The van der Waals surface area contributed by atoms with Crippen LogP contribution in [0, 0.1) is 0 Å². The smallest absolute Gasteiger partial charge is 0.387 e. The zero-order chi connectivity index (χ0) is 16.8. The van der Waals surface area contributed by atoms with Gasteiger partial charge >= 0.3 is 6.61 Å². The highest BCUT2D eigenvalue weighted by Crippen LogP contribution is 2.25. The average Bonchev–Trinajstić information content (AvgIpc) is 2.62.